The Bertz CT molecular complexity index is 1110. The summed E-state index contributed by atoms with van der Waals surface area (Å²) in [5.41, 5.74) is 8.11. The lowest BCUT2D eigenvalue weighted by molar-refractivity contribution is 0.00578. The second-order valence-electron chi connectivity index (χ2n) is 10.1. The summed E-state index contributed by atoms with van der Waals surface area (Å²) < 4.78 is 12.9. The molecular formula is C27H29BO2. The number of rotatable bonds is 2. The summed E-state index contributed by atoms with van der Waals surface area (Å²) in [5.74, 6) is 0. The molecule has 1 aliphatic carbocycles. The smallest absolute Gasteiger partial charge is 0.399 e. The van der Waals surface area contributed by atoms with E-state index in [1.807, 2.05) is 0 Å². The lowest BCUT2D eigenvalue weighted by Gasteiger charge is -2.32. The average Bonchev–Trinajstić information content (AvgIpc) is 3.08. The van der Waals surface area contributed by atoms with E-state index in [1.54, 1.807) is 0 Å². The Balaban J connectivity index is 1.64. The van der Waals surface area contributed by atoms with Crippen molar-refractivity contribution in [3.63, 3.8) is 0 Å². The summed E-state index contributed by atoms with van der Waals surface area (Å²) in [6, 6.07) is 24.0. The van der Waals surface area contributed by atoms with Crippen LogP contribution in [0, 0.1) is 0 Å². The van der Waals surface area contributed by atoms with Crippen molar-refractivity contribution in [2.45, 2.75) is 58.2 Å². The van der Waals surface area contributed by atoms with Crippen molar-refractivity contribution in [1.82, 2.24) is 0 Å². The molecule has 1 heterocycles. The van der Waals surface area contributed by atoms with Crippen molar-refractivity contribution in [3.8, 4) is 22.3 Å². The first-order valence-electron chi connectivity index (χ1n) is 10.8. The maximum absolute atomic E-state index is 6.44. The van der Waals surface area contributed by atoms with Gasteiger partial charge in [0, 0.05) is 5.41 Å². The fraction of sp³-hybridized carbons (Fsp3) is 0.333. The van der Waals surface area contributed by atoms with Crippen LogP contribution in [-0.2, 0) is 14.7 Å². The molecule has 30 heavy (non-hydrogen) atoms. The predicted molar refractivity (Wildman–Crippen MR) is 125 cm³/mol. The molecule has 0 spiro atoms. The summed E-state index contributed by atoms with van der Waals surface area (Å²) in [6.45, 7) is 13.1. The fourth-order valence-corrected chi connectivity index (χ4v) is 4.90. The molecule has 2 nitrogen and oxygen atoms in total. The summed E-state index contributed by atoms with van der Waals surface area (Å²) in [6.07, 6.45) is 0. The standard InChI is InChI=1S/C27H29BO2/c1-25(2)22-17-19(18-11-8-7-9-12-18)15-16-20(22)21-13-10-14-23(24(21)25)28-29-26(3,4)27(5,6)30-28/h7-17H,1-6H3. The van der Waals surface area contributed by atoms with E-state index in [-0.39, 0.29) is 23.7 Å². The lowest BCUT2D eigenvalue weighted by atomic mass is 9.68. The highest BCUT2D eigenvalue weighted by Crippen LogP contribution is 2.49. The van der Waals surface area contributed by atoms with Crippen LogP contribution >= 0.6 is 0 Å². The molecule has 0 unspecified atom stereocenters. The number of benzene rings is 3. The largest absolute Gasteiger partial charge is 0.495 e. The van der Waals surface area contributed by atoms with Crippen LogP contribution in [0.2, 0.25) is 0 Å². The fourth-order valence-electron chi connectivity index (χ4n) is 4.90. The molecule has 0 amide bonds. The second kappa shape index (κ2) is 6.32. The van der Waals surface area contributed by atoms with Crippen molar-refractivity contribution in [2.75, 3.05) is 0 Å². The van der Waals surface area contributed by atoms with Gasteiger partial charge in [0.2, 0.25) is 0 Å². The normalized spacial score (nSPS) is 20.1. The minimum atomic E-state index is -0.355. The monoisotopic (exact) mass is 396 g/mol. The van der Waals surface area contributed by atoms with Gasteiger partial charge in [-0.3, -0.25) is 0 Å². The van der Waals surface area contributed by atoms with Crippen molar-refractivity contribution < 1.29 is 9.31 Å². The van der Waals surface area contributed by atoms with Crippen LogP contribution in [0.4, 0.5) is 0 Å². The molecular weight excluding hydrogens is 367 g/mol. The first-order chi connectivity index (χ1) is 14.1. The quantitative estimate of drug-likeness (QED) is 0.498. The minimum absolute atomic E-state index is 0.129. The third-order valence-corrected chi connectivity index (χ3v) is 7.32. The van der Waals surface area contributed by atoms with Gasteiger partial charge in [0.15, 0.2) is 0 Å². The van der Waals surface area contributed by atoms with Crippen molar-refractivity contribution in [1.29, 1.82) is 0 Å². The zero-order valence-electron chi connectivity index (χ0n) is 18.7. The van der Waals surface area contributed by atoms with Crippen molar-refractivity contribution in [2.24, 2.45) is 0 Å². The highest BCUT2D eigenvalue weighted by molar-refractivity contribution is 6.63. The maximum Gasteiger partial charge on any atom is 0.495 e. The zero-order chi connectivity index (χ0) is 21.3. The van der Waals surface area contributed by atoms with Gasteiger partial charge in [0.1, 0.15) is 0 Å². The Morgan fingerprint density at radius 3 is 1.97 bits per heavy atom. The minimum Gasteiger partial charge on any atom is -0.399 e. The highest BCUT2D eigenvalue weighted by Gasteiger charge is 2.53. The van der Waals surface area contributed by atoms with Crippen LogP contribution in [0.1, 0.15) is 52.7 Å². The van der Waals surface area contributed by atoms with E-state index in [2.05, 4.69) is 108 Å². The molecule has 3 heteroatoms. The van der Waals surface area contributed by atoms with Gasteiger partial charge in [0.25, 0.3) is 0 Å². The van der Waals surface area contributed by atoms with Gasteiger partial charge >= 0.3 is 7.12 Å². The van der Waals surface area contributed by atoms with Crippen LogP contribution in [0.3, 0.4) is 0 Å². The third kappa shape index (κ3) is 2.72. The molecule has 0 radical (unpaired) electrons. The van der Waals surface area contributed by atoms with Crippen LogP contribution in [0.15, 0.2) is 66.7 Å². The van der Waals surface area contributed by atoms with Crippen LogP contribution in [0.5, 0.6) is 0 Å². The van der Waals surface area contributed by atoms with E-state index >= 15 is 0 Å². The van der Waals surface area contributed by atoms with E-state index in [0.717, 1.165) is 5.46 Å². The first-order valence-corrected chi connectivity index (χ1v) is 10.8. The Labute approximate surface area is 180 Å². The van der Waals surface area contributed by atoms with E-state index in [4.69, 9.17) is 9.31 Å². The van der Waals surface area contributed by atoms with Crippen LogP contribution in [0.25, 0.3) is 22.3 Å². The van der Waals surface area contributed by atoms with Crippen LogP contribution < -0.4 is 5.46 Å². The van der Waals surface area contributed by atoms with Gasteiger partial charge in [0.05, 0.1) is 11.2 Å². The summed E-state index contributed by atoms with van der Waals surface area (Å²) >= 11 is 0. The predicted octanol–water partition coefficient (Wildman–Crippen LogP) is 5.96. The Morgan fingerprint density at radius 1 is 0.633 bits per heavy atom. The van der Waals surface area contributed by atoms with Crippen molar-refractivity contribution in [3.05, 3.63) is 77.9 Å². The van der Waals surface area contributed by atoms with Crippen molar-refractivity contribution >= 4 is 12.6 Å². The van der Waals surface area contributed by atoms with E-state index < -0.39 is 0 Å². The molecule has 0 aromatic heterocycles. The van der Waals surface area contributed by atoms with E-state index in [9.17, 15) is 0 Å². The Kier molecular flexibility index (Phi) is 4.13. The van der Waals surface area contributed by atoms with E-state index in [1.165, 1.54) is 33.4 Å². The molecule has 5 rings (SSSR count). The topological polar surface area (TPSA) is 18.5 Å². The average molecular weight is 396 g/mol. The SMILES string of the molecule is CC1(C)c2cc(-c3ccccc3)ccc2-c2cccc(B3OC(C)(C)C(C)(C)O3)c21. The first kappa shape index (κ1) is 19.6. The van der Waals surface area contributed by atoms with E-state index in [0.29, 0.717) is 0 Å². The molecule has 1 aliphatic heterocycles. The molecule has 3 aromatic rings. The van der Waals surface area contributed by atoms with Gasteiger partial charge in [-0.25, -0.2) is 0 Å². The summed E-state index contributed by atoms with van der Waals surface area (Å²) in [4.78, 5) is 0. The molecule has 152 valence electrons. The van der Waals surface area contributed by atoms with Gasteiger partial charge in [-0.05, 0) is 72.6 Å². The van der Waals surface area contributed by atoms with Crippen LogP contribution in [-0.4, -0.2) is 18.3 Å². The molecule has 3 aromatic carbocycles. The second-order valence-corrected chi connectivity index (χ2v) is 10.1. The molecule has 1 fully saturated rings. The number of fused-ring (bicyclic) bond motifs is 3. The summed E-state index contributed by atoms with van der Waals surface area (Å²) in [7, 11) is -0.355. The molecule has 0 bridgehead atoms. The molecule has 0 N–H and O–H groups in total. The highest BCUT2D eigenvalue weighted by atomic mass is 16.7. The lowest BCUT2D eigenvalue weighted by Crippen LogP contribution is -2.41. The number of hydrogen-bond acceptors (Lipinski definition) is 2. The number of hydrogen-bond donors (Lipinski definition) is 0. The molecule has 2 aliphatic rings. The Morgan fingerprint density at radius 2 is 1.30 bits per heavy atom. The maximum atomic E-state index is 6.44. The van der Waals surface area contributed by atoms with Gasteiger partial charge in [-0.15, -0.1) is 0 Å². The zero-order valence-corrected chi connectivity index (χ0v) is 18.7. The van der Waals surface area contributed by atoms with Gasteiger partial charge in [-0.1, -0.05) is 74.5 Å². The molecule has 1 saturated heterocycles. The van der Waals surface area contributed by atoms with Gasteiger partial charge in [-0.2, -0.15) is 0 Å². The molecule has 0 atom stereocenters. The van der Waals surface area contributed by atoms with Gasteiger partial charge < -0.3 is 9.31 Å². The molecule has 0 saturated carbocycles. The Hall–Kier alpha value is -2.36. The summed E-state index contributed by atoms with van der Waals surface area (Å²) in [5, 5.41) is 0. The third-order valence-electron chi connectivity index (χ3n) is 7.32.